The second-order valence-corrected chi connectivity index (χ2v) is 14.0. The Bertz CT molecular complexity index is 546. The van der Waals surface area contributed by atoms with Crippen LogP contribution in [0.1, 0.15) is 259 Å². The third-order valence-electron chi connectivity index (χ3n) is 8.96. The van der Waals surface area contributed by atoms with E-state index >= 15 is 0 Å². The van der Waals surface area contributed by atoms with Gasteiger partial charge in [0.2, 0.25) is 0 Å². The van der Waals surface area contributed by atoms with E-state index in [1.54, 1.807) is 6.92 Å². The van der Waals surface area contributed by atoms with Crippen molar-refractivity contribution in [2.75, 3.05) is 6.61 Å². The van der Waals surface area contributed by atoms with Crippen LogP contribution >= 0.6 is 0 Å². The lowest BCUT2D eigenvalue weighted by molar-refractivity contribution is -0.143. The molecule has 0 unspecified atom stereocenters. The molecule has 0 radical (unpaired) electrons. The van der Waals surface area contributed by atoms with Crippen molar-refractivity contribution in [2.24, 2.45) is 0 Å². The fourth-order valence-electron chi connectivity index (χ4n) is 5.76. The van der Waals surface area contributed by atoms with Gasteiger partial charge in [-0.05, 0) is 12.8 Å². The van der Waals surface area contributed by atoms with Gasteiger partial charge in [0, 0.05) is 12.8 Å². The molecule has 0 rings (SSSR count). The first-order chi connectivity index (χ1) is 23.0. The van der Waals surface area contributed by atoms with E-state index < -0.39 is 5.97 Å². The first-order valence-electron chi connectivity index (χ1n) is 21.4. The summed E-state index contributed by atoms with van der Waals surface area (Å²) >= 11 is 0. The SMILES string of the molecule is CCCCCCCCCCCCCCCCCC.CCCCCCCCCCCCCCCCCCC(=O)O.CCCOC(=O)CC. The molecular formula is C43H88O4. The quantitative estimate of drug-likeness (QED) is 0.0539. The number of carboxylic acids is 1. The Morgan fingerprint density at radius 1 is 0.362 bits per heavy atom. The maximum absolute atomic E-state index is 10.3. The molecule has 0 aliphatic carbocycles. The highest BCUT2D eigenvalue weighted by atomic mass is 16.5. The molecule has 0 spiro atoms. The summed E-state index contributed by atoms with van der Waals surface area (Å²) in [7, 11) is 0. The van der Waals surface area contributed by atoms with E-state index in [1.165, 1.54) is 193 Å². The number of ether oxygens (including phenoxy) is 1. The summed E-state index contributed by atoms with van der Waals surface area (Å²) in [6, 6.07) is 0. The Hall–Kier alpha value is -1.06. The van der Waals surface area contributed by atoms with Crippen molar-refractivity contribution in [1.82, 2.24) is 0 Å². The van der Waals surface area contributed by atoms with E-state index in [0.29, 0.717) is 19.4 Å². The Labute approximate surface area is 296 Å². The topological polar surface area (TPSA) is 63.6 Å². The average molecular weight is 669 g/mol. The van der Waals surface area contributed by atoms with E-state index in [-0.39, 0.29) is 5.97 Å². The molecule has 0 aromatic carbocycles. The largest absolute Gasteiger partial charge is 0.481 e. The first-order valence-corrected chi connectivity index (χ1v) is 21.4. The number of carbonyl (C=O) groups is 2. The molecule has 0 atom stereocenters. The monoisotopic (exact) mass is 669 g/mol. The minimum Gasteiger partial charge on any atom is -0.481 e. The summed E-state index contributed by atoms with van der Waals surface area (Å²) in [5, 5.41) is 8.53. The van der Waals surface area contributed by atoms with Gasteiger partial charge in [0.05, 0.1) is 6.61 Å². The van der Waals surface area contributed by atoms with Gasteiger partial charge in [-0.15, -0.1) is 0 Å². The maximum Gasteiger partial charge on any atom is 0.305 e. The molecule has 0 aromatic rings. The van der Waals surface area contributed by atoms with Gasteiger partial charge in [-0.3, -0.25) is 9.59 Å². The zero-order chi connectivity index (χ0) is 35.3. The van der Waals surface area contributed by atoms with Crippen LogP contribution in [0.25, 0.3) is 0 Å². The van der Waals surface area contributed by atoms with Crippen LogP contribution in [-0.4, -0.2) is 23.7 Å². The summed E-state index contributed by atoms with van der Waals surface area (Å²) in [6.07, 6.45) is 46.5. The Morgan fingerprint density at radius 2 is 0.596 bits per heavy atom. The second kappa shape index (κ2) is 49.3. The number of esters is 1. The molecule has 0 amide bonds. The zero-order valence-corrected chi connectivity index (χ0v) is 33.1. The molecule has 1 N–H and O–H groups in total. The summed E-state index contributed by atoms with van der Waals surface area (Å²) in [6.45, 7) is 11.2. The normalized spacial score (nSPS) is 10.6. The highest BCUT2D eigenvalue weighted by molar-refractivity contribution is 5.68. The smallest absolute Gasteiger partial charge is 0.305 e. The van der Waals surface area contributed by atoms with Crippen LogP contribution in [0.15, 0.2) is 0 Å². The van der Waals surface area contributed by atoms with E-state index in [0.717, 1.165) is 19.3 Å². The summed E-state index contributed by atoms with van der Waals surface area (Å²) < 4.78 is 4.70. The molecule has 0 aliphatic heterocycles. The number of carboxylic acid groups (broad SMARTS) is 1. The highest BCUT2D eigenvalue weighted by Gasteiger charge is 1.98. The zero-order valence-electron chi connectivity index (χ0n) is 33.1. The van der Waals surface area contributed by atoms with Gasteiger partial charge in [0.15, 0.2) is 0 Å². The molecule has 0 saturated heterocycles. The fourth-order valence-corrected chi connectivity index (χ4v) is 5.76. The number of aliphatic carboxylic acids is 1. The van der Waals surface area contributed by atoms with Crippen LogP contribution in [0.2, 0.25) is 0 Å². The van der Waals surface area contributed by atoms with Crippen molar-refractivity contribution in [3.05, 3.63) is 0 Å². The molecule has 0 saturated carbocycles. The first kappa shape index (κ1) is 50.3. The Balaban J connectivity index is -0.000000675. The molecule has 47 heavy (non-hydrogen) atoms. The van der Waals surface area contributed by atoms with Crippen molar-refractivity contribution in [3.8, 4) is 0 Å². The number of rotatable bonds is 35. The van der Waals surface area contributed by atoms with Gasteiger partial charge < -0.3 is 9.84 Å². The molecule has 0 bridgehead atoms. The van der Waals surface area contributed by atoms with Crippen LogP contribution in [0, 0.1) is 0 Å². The van der Waals surface area contributed by atoms with Crippen molar-refractivity contribution >= 4 is 11.9 Å². The lowest BCUT2D eigenvalue weighted by Gasteiger charge is -2.03. The predicted octanol–water partition coefficient (Wildman–Crippen LogP) is 15.3. The van der Waals surface area contributed by atoms with E-state index in [9.17, 15) is 9.59 Å². The van der Waals surface area contributed by atoms with E-state index in [2.05, 4.69) is 20.8 Å². The van der Waals surface area contributed by atoms with Gasteiger partial charge in [0.1, 0.15) is 0 Å². The van der Waals surface area contributed by atoms with Gasteiger partial charge in [-0.1, -0.05) is 234 Å². The molecule has 284 valence electrons. The van der Waals surface area contributed by atoms with Gasteiger partial charge >= 0.3 is 11.9 Å². The minimum atomic E-state index is -0.652. The molecule has 0 aromatic heterocycles. The molecule has 4 heteroatoms. The second-order valence-electron chi connectivity index (χ2n) is 14.0. The summed E-state index contributed by atoms with van der Waals surface area (Å²) in [4.78, 5) is 20.7. The van der Waals surface area contributed by atoms with Crippen LogP contribution in [-0.2, 0) is 14.3 Å². The summed E-state index contributed by atoms with van der Waals surface area (Å²) in [5.74, 6) is -0.757. The van der Waals surface area contributed by atoms with Gasteiger partial charge in [-0.2, -0.15) is 0 Å². The Morgan fingerprint density at radius 3 is 0.787 bits per heavy atom. The van der Waals surface area contributed by atoms with Crippen molar-refractivity contribution in [2.45, 2.75) is 259 Å². The Kier molecular flexibility index (Phi) is 52.8. The lowest BCUT2D eigenvalue weighted by Crippen LogP contribution is -2.02. The molecule has 0 aliphatic rings. The fraction of sp³-hybridized carbons (Fsp3) is 0.953. The summed E-state index contributed by atoms with van der Waals surface area (Å²) in [5.41, 5.74) is 0. The highest BCUT2D eigenvalue weighted by Crippen LogP contribution is 2.15. The van der Waals surface area contributed by atoms with Crippen molar-refractivity contribution in [3.63, 3.8) is 0 Å². The van der Waals surface area contributed by atoms with Crippen molar-refractivity contribution < 1.29 is 19.4 Å². The van der Waals surface area contributed by atoms with Crippen LogP contribution in [0.3, 0.4) is 0 Å². The maximum atomic E-state index is 10.3. The predicted molar refractivity (Wildman–Crippen MR) is 209 cm³/mol. The van der Waals surface area contributed by atoms with Gasteiger partial charge in [-0.25, -0.2) is 0 Å². The standard InChI is InChI=1S/C19H38O2.C18H38.C6H12O2/c1-2-3-4-5-6-7-8-9-10-11-12-13-14-15-16-17-18-19(20)21;1-3-5-7-9-11-13-15-17-18-16-14-12-10-8-6-4-2;1-3-5-8-6(7)4-2/h2-18H2,1H3,(H,20,21);3-18H2,1-2H3;3-5H2,1-2H3. The van der Waals surface area contributed by atoms with E-state index in [4.69, 9.17) is 9.84 Å². The molecule has 4 nitrogen and oxygen atoms in total. The lowest BCUT2D eigenvalue weighted by atomic mass is 10.0. The van der Waals surface area contributed by atoms with E-state index in [1.807, 2.05) is 6.92 Å². The van der Waals surface area contributed by atoms with Gasteiger partial charge in [0.25, 0.3) is 0 Å². The van der Waals surface area contributed by atoms with Crippen molar-refractivity contribution in [1.29, 1.82) is 0 Å². The number of hydrogen-bond acceptors (Lipinski definition) is 3. The van der Waals surface area contributed by atoms with Crippen LogP contribution in [0.5, 0.6) is 0 Å². The third kappa shape index (κ3) is 57.6. The minimum absolute atomic E-state index is 0.105. The third-order valence-corrected chi connectivity index (χ3v) is 8.96. The molecular weight excluding hydrogens is 580 g/mol. The van der Waals surface area contributed by atoms with Crippen LogP contribution in [0.4, 0.5) is 0 Å². The number of hydrogen-bond donors (Lipinski definition) is 1. The number of carbonyl (C=O) groups excluding carboxylic acids is 1. The molecule has 0 heterocycles. The number of unbranched alkanes of at least 4 members (excludes halogenated alkanes) is 30. The average Bonchev–Trinajstić information content (AvgIpc) is 3.07. The molecule has 0 fully saturated rings. The van der Waals surface area contributed by atoms with Crippen LogP contribution < -0.4 is 0 Å².